The van der Waals surface area contributed by atoms with Gasteiger partial charge in [0.05, 0.1) is 11.6 Å². The Morgan fingerprint density at radius 3 is 2.50 bits per heavy atom. The van der Waals surface area contributed by atoms with Crippen LogP contribution in [-0.2, 0) is 9.59 Å². The predicted octanol–water partition coefficient (Wildman–Crippen LogP) is 3.31. The summed E-state index contributed by atoms with van der Waals surface area (Å²) >= 11 is 0. The van der Waals surface area contributed by atoms with Crippen molar-refractivity contribution in [2.45, 2.75) is 19.9 Å². The Labute approximate surface area is 160 Å². The van der Waals surface area contributed by atoms with E-state index in [-0.39, 0.29) is 17.2 Å². The van der Waals surface area contributed by atoms with Gasteiger partial charge in [0, 0.05) is 24.0 Å². The number of aryl methyl sites for hydroxylation is 2. The Morgan fingerprint density at radius 2 is 1.89 bits per heavy atom. The molecular formula is C21H17N3O4. The Balaban J connectivity index is 1.93. The molecule has 1 atom stereocenters. The number of ketones is 1. The highest BCUT2D eigenvalue weighted by atomic mass is 16.5. The van der Waals surface area contributed by atoms with Crippen LogP contribution in [-0.4, -0.2) is 26.9 Å². The van der Waals surface area contributed by atoms with Crippen LogP contribution >= 0.6 is 0 Å². The lowest BCUT2D eigenvalue weighted by Crippen LogP contribution is -2.29. The zero-order valence-corrected chi connectivity index (χ0v) is 15.3. The smallest absolute Gasteiger partial charge is 0.301 e. The third kappa shape index (κ3) is 2.87. The zero-order chi connectivity index (χ0) is 19.8. The molecule has 140 valence electrons. The van der Waals surface area contributed by atoms with E-state index >= 15 is 0 Å². The van der Waals surface area contributed by atoms with Crippen molar-refractivity contribution >= 4 is 23.3 Å². The number of carbonyl (C=O) groups excluding carboxylic acids is 2. The van der Waals surface area contributed by atoms with E-state index in [2.05, 4.69) is 10.1 Å². The number of hydrogen-bond donors (Lipinski definition) is 1. The van der Waals surface area contributed by atoms with Gasteiger partial charge in [-0.2, -0.15) is 0 Å². The minimum absolute atomic E-state index is 0.0116. The Morgan fingerprint density at radius 1 is 1.14 bits per heavy atom. The van der Waals surface area contributed by atoms with Crippen LogP contribution in [0.15, 0.2) is 65.0 Å². The summed E-state index contributed by atoms with van der Waals surface area (Å²) in [6, 6.07) is 11.2. The van der Waals surface area contributed by atoms with Crippen molar-refractivity contribution in [1.29, 1.82) is 0 Å². The molecule has 1 amide bonds. The molecular weight excluding hydrogens is 358 g/mol. The van der Waals surface area contributed by atoms with Crippen molar-refractivity contribution < 1.29 is 19.2 Å². The van der Waals surface area contributed by atoms with Gasteiger partial charge < -0.3 is 9.63 Å². The van der Waals surface area contributed by atoms with Gasteiger partial charge in [0.15, 0.2) is 5.82 Å². The molecule has 2 aromatic heterocycles. The van der Waals surface area contributed by atoms with Crippen molar-refractivity contribution in [3.05, 3.63) is 82.9 Å². The molecule has 0 bridgehead atoms. The third-order valence-electron chi connectivity index (χ3n) is 4.63. The van der Waals surface area contributed by atoms with Crippen LogP contribution in [0.25, 0.3) is 5.76 Å². The lowest BCUT2D eigenvalue weighted by molar-refractivity contribution is -0.132. The van der Waals surface area contributed by atoms with E-state index in [9.17, 15) is 14.7 Å². The average Bonchev–Trinajstić information content (AvgIpc) is 3.24. The first-order valence-corrected chi connectivity index (χ1v) is 8.68. The Bertz CT molecular complexity index is 1080. The number of aromatic nitrogens is 2. The zero-order valence-electron chi connectivity index (χ0n) is 15.3. The van der Waals surface area contributed by atoms with E-state index < -0.39 is 17.7 Å². The summed E-state index contributed by atoms with van der Waals surface area (Å²) in [4.78, 5) is 31.0. The summed E-state index contributed by atoms with van der Waals surface area (Å²) in [6.07, 6.45) is 3.15. The summed E-state index contributed by atoms with van der Waals surface area (Å²) in [7, 11) is 0. The molecule has 1 aliphatic heterocycles. The van der Waals surface area contributed by atoms with E-state index in [4.69, 9.17) is 4.52 Å². The third-order valence-corrected chi connectivity index (χ3v) is 4.63. The monoisotopic (exact) mass is 375 g/mol. The summed E-state index contributed by atoms with van der Waals surface area (Å²) < 4.78 is 5.09. The second-order valence-corrected chi connectivity index (χ2v) is 6.62. The highest BCUT2D eigenvalue weighted by Crippen LogP contribution is 2.41. The molecule has 0 spiro atoms. The van der Waals surface area contributed by atoms with Gasteiger partial charge in [0.1, 0.15) is 11.5 Å². The summed E-state index contributed by atoms with van der Waals surface area (Å²) in [5, 5.41) is 14.8. The minimum atomic E-state index is -0.862. The molecule has 1 aromatic carbocycles. The topological polar surface area (TPSA) is 96.5 Å². The standard InChI is InChI=1S/C21H17N3O4/c1-12-5-7-14(8-6-12)19(25)17-18(15-4-3-9-22-11-15)24(21(27)20(17)26)16-10-13(2)28-23-16/h3-11,18,25H,1-2H3/b19-17+. The Kier molecular flexibility index (Phi) is 4.27. The maximum atomic E-state index is 12.9. The van der Waals surface area contributed by atoms with E-state index in [1.165, 1.54) is 4.90 Å². The van der Waals surface area contributed by atoms with Crippen molar-refractivity contribution in [1.82, 2.24) is 10.1 Å². The van der Waals surface area contributed by atoms with Gasteiger partial charge in [-0.1, -0.05) is 41.1 Å². The molecule has 3 aromatic rings. The molecule has 7 heteroatoms. The SMILES string of the molecule is Cc1ccc(/C(O)=C2\C(=O)C(=O)N(c3cc(C)on3)C2c2cccnc2)cc1. The summed E-state index contributed by atoms with van der Waals surface area (Å²) in [6.45, 7) is 3.61. The lowest BCUT2D eigenvalue weighted by atomic mass is 9.96. The van der Waals surface area contributed by atoms with Gasteiger partial charge in [0.25, 0.3) is 5.78 Å². The molecule has 1 fully saturated rings. The molecule has 0 radical (unpaired) electrons. The Hall–Kier alpha value is -3.74. The van der Waals surface area contributed by atoms with Crippen LogP contribution < -0.4 is 4.90 Å². The normalized spacial score (nSPS) is 18.6. The number of carbonyl (C=O) groups is 2. The first kappa shape index (κ1) is 17.7. The molecule has 1 aliphatic rings. The van der Waals surface area contributed by atoms with Crippen LogP contribution in [0.5, 0.6) is 0 Å². The number of hydrogen-bond acceptors (Lipinski definition) is 6. The number of nitrogens with zero attached hydrogens (tertiary/aromatic N) is 3. The van der Waals surface area contributed by atoms with Crippen molar-refractivity contribution in [3.63, 3.8) is 0 Å². The number of anilines is 1. The highest BCUT2D eigenvalue weighted by Gasteiger charge is 2.48. The maximum Gasteiger partial charge on any atom is 0.301 e. The van der Waals surface area contributed by atoms with E-state index in [1.54, 1.807) is 49.6 Å². The molecule has 7 nitrogen and oxygen atoms in total. The number of aliphatic hydroxyl groups is 1. The largest absolute Gasteiger partial charge is 0.507 e. The number of Topliss-reactive ketones (excluding diaryl/α,β-unsaturated/α-hetero) is 1. The van der Waals surface area contributed by atoms with Gasteiger partial charge in [-0.25, -0.2) is 0 Å². The van der Waals surface area contributed by atoms with Crippen molar-refractivity contribution in [2.24, 2.45) is 0 Å². The average molecular weight is 375 g/mol. The fraction of sp³-hybridized carbons (Fsp3) is 0.143. The van der Waals surface area contributed by atoms with Crippen LogP contribution in [0.2, 0.25) is 0 Å². The number of rotatable bonds is 3. The number of aliphatic hydroxyl groups excluding tert-OH is 1. The molecule has 3 heterocycles. The first-order chi connectivity index (χ1) is 13.5. The van der Waals surface area contributed by atoms with Crippen molar-refractivity contribution in [3.8, 4) is 0 Å². The van der Waals surface area contributed by atoms with Crippen molar-refractivity contribution in [2.75, 3.05) is 4.90 Å². The number of amides is 1. The minimum Gasteiger partial charge on any atom is -0.507 e. The summed E-state index contributed by atoms with van der Waals surface area (Å²) in [5.41, 5.74) is 2.03. The highest BCUT2D eigenvalue weighted by molar-refractivity contribution is 6.51. The fourth-order valence-corrected chi connectivity index (χ4v) is 3.26. The fourth-order valence-electron chi connectivity index (χ4n) is 3.26. The second-order valence-electron chi connectivity index (χ2n) is 6.62. The molecule has 28 heavy (non-hydrogen) atoms. The van der Waals surface area contributed by atoms with Gasteiger partial charge in [-0.05, 0) is 25.5 Å². The van der Waals surface area contributed by atoms with Gasteiger partial charge in [-0.15, -0.1) is 0 Å². The van der Waals surface area contributed by atoms with E-state index in [0.29, 0.717) is 16.9 Å². The number of pyridine rings is 1. The lowest BCUT2D eigenvalue weighted by Gasteiger charge is -2.22. The molecule has 1 saturated heterocycles. The molecule has 1 unspecified atom stereocenters. The van der Waals surface area contributed by atoms with E-state index in [1.807, 2.05) is 19.1 Å². The molecule has 4 rings (SSSR count). The van der Waals surface area contributed by atoms with Crippen LogP contribution in [0.1, 0.15) is 28.5 Å². The molecule has 1 N–H and O–H groups in total. The molecule has 0 aliphatic carbocycles. The van der Waals surface area contributed by atoms with Crippen LogP contribution in [0, 0.1) is 13.8 Å². The second kappa shape index (κ2) is 6.77. The predicted molar refractivity (Wildman–Crippen MR) is 101 cm³/mol. The quantitative estimate of drug-likeness (QED) is 0.429. The van der Waals surface area contributed by atoms with E-state index in [0.717, 1.165) is 5.56 Å². The summed E-state index contributed by atoms with van der Waals surface area (Å²) in [5.74, 6) is -1.10. The van der Waals surface area contributed by atoms with Gasteiger partial charge in [-0.3, -0.25) is 19.5 Å². The molecule has 0 saturated carbocycles. The van der Waals surface area contributed by atoms with Crippen LogP contribution in [0.4, 0.5) is 5.82 Å². The van der Waals surface area contributed by atoms with Gasteiger partial charge in [0.2, 0.25) is 0 Å². The van der Waals surface area contributed by atoms with Crippen LogP contribution in [0.3, 0.4) is 0 Å². The number of benzene rings is 1. The first-order valence-electron chi connectivity index (χ1n) is 8.68. The van der Waals surface area contributed by atoms with Gasteiger partial charge >= 0.3 is 5.91 Å². The maximum absolute atomic E-state index is 12.9.